The van der Waals surface area contributed by atoms with Crippen LogP contribution in [0.25, 0.3) is 0 Å². The van der Waals surface area contributed by atoms with Crippen molar-refractivity contribution in [3.8, 4) is 0 Å². The highest BCUT2D eigenvalue weighted by atomic mass is 31.2. The van der Waals surface area contributed by atoms with E-state index in [2.05, 4.69) is 16.5 Å². The molecular weight excluding hydrogens is 355 g/mol. The van der Waals surface area contributed by atoms with Crippen molar-refractivity contribution < 1.29 is 28.2 Å². The lowest BCUT2D eigenvalue weighted by Gasteiger charge is -2.23. The first-order valence-electron chi connectivity index (χ1n) is 10.6. The third-order valence-corrected chi connectivity index (χ3v) is 5.68. The molecule has 0 bridgehead atoms. The summed E-state index contributed by atoms with van der Waals surface area (Å²) >= 11 is 0. The van der Waals surface area contributed by atoms with Crippen molar-refractivity contribution in [3.63, 3.8) is 0 Å². The van der Waals surface area contributed by atoms with Crippen molar-refractivity contribution in [2.24, 2.45) is 0 Å². The van der Waals surface area contributed by atoms with Crippen molar-refractivity contribution in [1.29, 1.82) is 0 Å². The van der Waals surface area contributed by atoms with Crippen molar-refractivity contribution in [1.82, 2.24) is 0 Å². The topological polar surface area (TPSA) is 63.2 Å². The Balaban J connectivity index is 1.76. The Morgan fingerprint density at radius 2 is 1.35 bits per heavy atom. The van der Waals surface area contributed by atoms with Gasteiger partial charge in [-0.3, -0.25) is 4.52 Å². The van der Waals surface area contributed by atoms with E-state index >= 15 is 0 Å². The minimum Gasteiger partial charge on any atom is -0.278 e. The first-order chi connectivity index (χ1) is 12.7. The number of unbranched alkanes of at least 4 members (excludes halogenated alkanes) is 13. The summed E-state index contributed by atoms with van der Waals surface area (Å²) in [6.07, 6.45) is 17.9. The predicted molar refractivity (Wildman–Crippen MR) is 103 cm³/mol. The van der Waals surface area contributed by atoms with E-state index in [4.69, 9.17) is 14.1 Å². The van der Waals surface area contributed by atoms with E-state index in [1.165, 1.54) is 77.0 Å². The third-order valence-electron chi connectivity index (χ3n) is 4.48. The van der Waals surface area contributed by atoms with Crippen LogP contribution in [0.15, 0.2) is 0 Å². The first kappa shape index (κ1) is 24.1. The molecule has 2 atom stereocenters. The molecule has 1 rings (SSSR count). The number of rotatable bonds is 17. The lowest BCUT2D eigenvalue weighted by atomic mass is 10.0. The highest BCUT2D eigenvalue weighted by Crippen LogP contribution is 2.53. The number of phosphoric acid groups is 1. The van der Waals surface area contributed by atoms with Gasteiger partial charge in [-0.05, 0) is 13.3 Å². The average molecular weight is 394 g/mol. The molecule has 0 aromatic carbocycles. The van der Waals surface area contributed by atoms with Gasteiger partial charge < -0.3 is 0 Å². The molecule has 2 unspecified atom stereocenters. The average Bonchev–Trinajstić information content (AvgIpc) is 2.61. The monoisotopic (exact) mass is 394 g/mol. The highest BCUT2D eigenvalue weighted by molar-refractivity contribution is 7.48. The Labute approximate surface area is 159 Å². The normalized spacial score (nSPS) is 23.4. The molecule has 0 N–H and O–H groups in total. The summed E-state index contributed by atoms with van der Waals surface area (Å²) < 4.78 is 26.2. The van der Waals surface area contributed by atoms with Gasteiger partial charge in [0.25, 0.3) is 0 Å². The van der Waals surface area contributed by atoms with Crippen molar-refractivity contribution >= 4 is 7.82 Å². The molecule has 0 aromatic heterocycles. The summed E-state index contributed by atoms with van der Waals surface area (Å²) in [6, 6.07) is 0. The van der Waals surface area contributed by atoms with Gasteiger partial charge in [0, 0.05) is 0 Å². The molecule has 1 heterocycles. The second kappa shape index (κ2) is 16.0. The zero-order valence-electron chi connectivity index (χ0n) is 16.8. The minimum absolute atomic E-state index is 0.228. The molecule has 0 saturated carbocycles. The van der Waals surface area contributed by atoms with Crippen LogP contribution in [0.2, 0.25) is 0 Å². The summed E-state index contributed by atoms with van der Waals surface area (Å²) in [6.45, 7) is 4.60. The summed E-state index contributed by atoms with van der Waals surface area (Å²) in [5.74, 6) is 0. The van der Waals surface area contributed by atoms with E-state index in [9.17, 15) is 4.57 Å². The summed E-state index contributed by atoms with van der Waals surface area (Å²) in [5.41, 5.74) is 0. The summed E-state index contributed by atoms with van der Waals surface area (Å²) in [5, 5.41) is 0. The molecule has 1 aliphatic rings. The second-order valence-electron chi connectivity index (χ2n) is 7.21. The SMILES string of the molecule is CCCCCCCCCCCCCCCCOOP1(=O)OOCC(C)O1. The molecule has 1 aliphatic heterocycles. The Hall–Kier alpha value is 0.0300. The largest absolute Gasteiger partial charge is 0.529 e. The molecule has 0 amide bonds. The van der Waals surface area contributed by atoms with Crippen LogP contribution in [-0.4, -0.2) is 19.3 Å². The molecule has 0 aromatic rings. The third kappa shape index (κ3) is 13.2. The second-order valence-corrected chi connectivity index (χ2v) is 8.62. The van der Waals surface area contributed by atoms with Gasteiger partial charge in [-0.25, -0.2) is 14.3 Å². The van der Waals surface area contributed by atoms with Gasteiger partial charge in [-0.1, -0.05) is 90.4 Å². The van der Waals surface area contributed by atoms with E-state index < -0.39 is 7.82 Å². The fourth-order valence-corrected chi connectivity index (χ4v) is 3.94. The Morgan fingerprint density at radius 1 is 0.846 bits per heavy atom. The number of hydrogen-bond donors (Lipinski definition) is 0. The minimum atomic E-state index is -3.70. The fraction of sp³-hybridized carbons (Fsp3) is 1.00. The van der Waals surface area contributed by atoms with Crippen LogP contribution in [0.1, 0.15) is 104 Å². The highest BCUT2D eigenvalue weighted by Gasteiger charge is 2.36. The predicted octanol–water partition coefficient (Wildman–Crippen LogP) is 6.89. The first-order valence-corrected chi connectivity index (χ1v) is 12.0. The lowest BCUT2D eigenvalue weighted by Crippen LogP contribution is -2.22. The van der Waals surface area contributed by atoms with Gasteiger partial charge in [0.15, 0.2) is 0 Å². The van der Waals surface area contributed by atoms with Gasteiger partial charge in [-0.15, -0.1) is 9.35 Å². The standard InChI is InChI=1S/C19H39O6P/c1-3-4-5-6-7-8-9-10-11-12-13-14-15-16-17-21-24-26(20)23-19(2)18-22-25-26/h19H,3-18H2,1-2H3. The maximum atomic E-state index is 11.9. The van der Waals surface area contributed by atoms with Crippen LogP contribution in [-0.2, 0) is 28.2 Å². The molecule has 0 aliphatic carbocycles. The van der Waals surface area contributed by atoms with Crippen LogP contribution in [0, 0.1) is 0 Å². The molecule has 26 heavy (non-hydrogen) atoms. The zero-order chi connectivity index (χ0) is 18.9. The van der Waals surface area contributed by atoms with Gasteiger partial charge in [0.1, 0.15) is 6.61 Å². The lowest BCUT2D eigenvalue weighted by molar-refractivity contribution is -0.310. The van der Waals surface area contributed by atoms with Crippen LogP contribution < -0.4 is 0 Å². The molecule has 1 fully saturated rings. The van der Waals surface area contributed by atoms with Crippen LogP contribution in [0.4, 0.5) is 0 Å². The summed E-state index contributed by atoms with van der Waals surface area (Å²) in [7, 11) is -3.70. The Kier molecular flexibility index (Phi) is 14.8. The van der Waals surface area contributed by atoms with Gasteiger partial charge in [0.2, 0.25) is 0 Å². The Morgan fingerprint density at radius 3 is 1.85 bits per heavy atom. The molecule has 156 valence electrons. The van der Waals surface area contributed by atoms with E-state index in [1.807, 2.05) is 0 Å². The molecular formula is C19H39O6P. The molecule has 0 radical (unpaired) electrons. The van der Waals surface area contributed by atoms with E-state index in [0.29, 0.717) is 6.61 Å². The van der Waals surface area contributed by atoms with Crippen LogP contribution in [0.5, 0.6) is 0 Å². The van der Waals surface area contributed by atoms with Crippen molar-refractivity contribution in [3.05, 3.63) is 0 Å². The van der Waals surface area contributed by atoms with Gasteiger partial charge in [-0.2, -0.15) is 0 Å². The maximum absolute atomic E-state index is 11.9. The smallest absolute Gasteiger partial charge is 0.278 e. The fourth-order valence-electron chi connectivity index (χ4n) is 2.95. The van der Waals surface area contributed by atoms with Crippen molar-refractivity contribution in [2.75, 3.05) is 13.2 Å². The Bertz CT molecular complexity index is 366. The van der Waals surface area contributed by atoms with Crippen molar-refractivity contribution in [2.45, 2.75) is 110 Å². The van der Waals surface area contributed by atoms with Crippen LogP contribution >= 0.6 is 7.82 Å². The van der Waals surface area contributed by atoms with E-state index in [1.54, 1.807) is 6.92 Å². The van der Waals surface area contributed by atoms with E-state index in [0.717, 1.165) is 12.8 Å². The van der Waals surface area contributed by atoms with Gasteiger partial charge >= 0.3 is 7.82 Å². The number of hydrogen-bond acceptors (Lipinski definition) is 6. The molecule has 6 nitrogen and oxygen atoms in total. The van der Waals surface area contributed by atoms with Crippen LogP contribution in [0.3, 0.4) is 0 Å². The van der Waals surface area contributed by atoms with Gasteiger partial charge in [0.05, 0.1) is 12.7 Å². The quantitative estimate of drug-likeness (QED) is 0.116. The molecule has 1 saturated heterocycles. The maximum Gasteiger partial charge on any atom is 0.529 e. The molecule has 7 heteroatoms. The summed E-state index contributed by atoms with van der Waals surface area (Å²) in [4.78, 5) is 9.62. The zero-order valence-corrected chi connectivity index (χ0v) is 17.7. The van der Waals surface area contributed by atoms with E-state index in [-0.39, 0.29) is 12.7 Å². The molecule has 0 spiro atoms.